The molecule has 3 saturated carbocycles. The number of fused-ring (bicyclic) bond motifs is 6. The molecule has 0 amide bonds. The molecule has 0 bridgehead atoms. The first-order valence-electron chi connectivity index (χ1n) is 15.5. The predicted molar refractivity (Wildman–Crippen MR) is 153 cm³/mol. The largest absolute Gasteiger partial charge is 0.395 e. The van der Waals surface area contributed by atoms with E-state index in [-0.39, 0.29) is 63.2 Å². The lowest BCUT2D eigenvalue weighted by Gasteiger charge is -2.64. The lowest BCUT2D eigenvalue weighted by atomic mass is 9.38. The fourth-order valence-electron chi connectivity index (χ4n) is 10.6. The summed E-state index contributed by atoms with van der Waals surface area (Å²) in [6.45, 7) is 14.8. The Kier molecular flexibility index (Phi) is 6.07. The molecular weight excluding hydrogens is 514 g/mol. The molecule has 5 aliphatic carbocycles. The second-order valence-corrected chi connectivity index (χ2v) is 15.8. The van der Waals surface area contributed by atoms with Crippen LogP contribution < -0.4 is 0 Å². The Balaban J connectivity index is 1.50. The monoisotopic (exact) mass is 559 g/mol. The van der Waals surface area contributed by atoms with Gasteiger partial charge < -0.3 is 9.63 Å². The number of carbonyl (C=O) groups is 2. The maximum absolute atomic E-state index is 14.4. The normalized spacial score (nSPS) is 45.2. The molecule has 6 rings (SSSR count). The molecule has 220 valence electrons. The minimum absolute atomic E-state index is 0.102. The van der Waals surface area contributed by atoms with Gasteiger partial charge in [-0.1, -0.05) is 51.4 Å². The van der Waals surface area contributed by atoms with Crippen molar-refractivity contribution < 1.29 is 19.2 Å². The van der Waals surface area contributed by atoms with Crippen LogP contribution in [0, 0.1) is 63.1 Å². The fourth-order valence-corrected chi connectivity index (χ4v) is 10.6. The number of rotatable bonds is 2. The van der Waals surface area contributed by atoms with Crippen molar-refractivity contribution in [2.24, 2.45) is 44.8 Å². The number of aliphatic hydroxyl groups is 1. The highest BCUT2D eigenvalue weighted by Crippen LogP contribution is 2.72. The van der Waals surface area contributed by atoms with E-state index in [0.29, 0.717) is 5.82 Å². The van der Waals surface area contributed by atoms with Gasteiger partial charge in [0.2, 0.25) is 5.89 Å². The number of ketones is 2. The molecule has 5 aliphatic rings. The van der Waals surface area contributed by atoms with Gasteiger partial charge in [0.25, 0.3) is 0 Å². The molecule has 0 aliphatic heterocycles. The van der Waals surface area contributed by atoms with Crippen molar-refractivity contribution in [1.29, 1.82) is 5.26 Å². The second-order valence-electron chi connectivity index (χ2n) is 15.8. The number of hydrogen-bond donors (Lipinski definition) is 1. The van der Waals surface area contributed by atoms with Gasteiger partial charge in [-0.15, -0.1) is 0 Å². The molecule has 1 N–H and O–H groups in total. The maximum Gasteiger partial charge on any atom is 0.233 e. The summed E-state index contributed by atoms with van der Waals surface area (Å²) in [5.74, 6) is 1.24. The van der Waals surface area contributed by atoms with Crippen LogP contribution in [0.1, 0.15) is 105 Å². The number of aromatic nitrogens is 2. The van der Waals surface area contributed by atoms with Crippen LogP contribution in [0.5, 0.6) is 0 Å². The van der Waals surface area contributed by atoms with Crippen LogP contribution in [0.25, 0.3) is 0 Å². The highest BCUT2D eigenvalue weighted by Gasteiger charge is 2.68. The van der Waals surface area contributed by atoms with Crippen molar-refractivity contribution in [1.82, 2.24) is 10.1 Å². The van der Waals surface area contributed by atoms with E-state index in [1.54, 1.807) is 6.92 Å². The molecule has 7 nitrogen and oxygen atoms in total. The van der Waals surface area contributed by atoms with E-state index in [1.807, 2.05) is 19.1 Å². The summed E-state index contributed by atoms with van der Waals surface area (Å²) in [6.07, 6.45) is 10.9. The van der Waals surface area contributed by atoms with E-state index in [2.05, 4.69) is 45.8 Å². The second kappa shape index (κ2) is 8.72. The molecule has 0 saturated heterocycles. The summed E-state index contributed by atoms with van der Waals surface area (Å²) in [6, 6.07) is 2.13. The van der Waals surface area contributed by atoms with E-state index in [0.717, 1.165) is 62.8 Å². The Hall–Kier alpha value is -2.59. The maximum atomic E-state index is 14.4. The summed E-state index contributed by atoms with van der Waals surface area (Å²) in [4.78, 5) is 32.6. The minimum Gasteiger partial charge on any atom is -0.395 e. The molecule has 1 aromatic heterocycles. The van der Waals surface area contributed by atoms with Gasteiger partial charge in [-0.3, -0.25) is 9.59 Å². The third-order valence-electron chi connectivity index (χ3n) is 13.3. The van der Waals surface area contributed by atoms with Crippen molar-refractivity contribution in [3.05, 3.63) is 35.0 Å². The number of aliphatic hydroxyl groups excluding tert-OH is 1. The van der Waals surface area contributed by atoms with Gasteiger partial charge in [0.1, 0.15) is 6.07 Å². The SMILES string of the molecule is Cc1noc([C@]23CCC(C)(C)CC2CC2C(=O)C=C4[C@@]5(C)C=C(C#N)C(=O)[C@@](C)(CO)C5CC[C@@]4(C)[C@]2(C)CC3)n1. The van der Waals surface area contributed by atoms with Gasteiger partial charge in [-0.05, 0) is 99.4 Å². The van der Waals surface area contributed by atoms with Gasteiger partial charge in [0.05, 0.1) is 23.0 Å². The average molecular weight is 560 g/mol. The van der Waals surface area contributed by atoms with Crippen molar-refractivity contribution >= 4 is 11.6 Å². The van der Waals surface area contributed by atoms with Crippen molar-refractivity contribution in [3.8, 4) is 6.07 Å². The Morgan fingerprint density at radius 1 is 1.07 bits per heavy atom. The molecular formula is C34H45N3O4. The highest BCUT2D eigenvalue weighted by atomic mass is 16.5. The summed E-state index contributed by atoms with van der Waals surface area (Å²) < 4.78 is 5.94. The zero-order valence-electron chi connectivity index (χ0n) is 25.8. The molecule has 41 heavy (non-hydrogen) atoms. The minimum atomic E-state index is -1.05. The summed E-state index contributed by atoms with van der Waals surface area (Å²) >= 11 is 0. The van der Waals surface area contributed by atoms with Gasteiger partial charge >= 0.3 is 0 Å². The number of aryl methyl sites for hydroxylation is 1. The molecule has 1 heterocycles. The van der Waals surface area contributed by atoms with E-state index in [1.165, 1.54) is 0 Å². The van der Waals surface area contributed by atoms with Crippen LogP contribution in [-0.2, 0) is 15.0 Å². The van der Waals surface area contributed by atoms with Crippen molar-refractivity contribution in [2.45, 2.75) is 105 Å². The topological polar surface area (TPSA) is 117 Å². The number of nitriles is 1. The smallest absolute Gasteiger partial charge is 0.233 e. The zero-order valence-corrected chi connectivity index (χ0v) is 25.8. The summed E-state index contributed by atoms with van der Waals surface area (Å²) in [7, 11) is 0. The summed E-state index contributed by atoms with van der Waals surface area (Å²) in [5.41, 5.74) is -1.27. The Morgan fingerprint density at radius 3 is 2.41 bits per heavy atom. The molecule has 7 heteroatoms. The number of carbonyl (C=O) groups excluding carboxylic acids is 2. The van der Waals surface area contributed by atoms with Crippen LogP contribution in [0.3, 0.4) is 0 Å². The number of Topliss-reactive ketones (excluding diaryl/α,β-unsaturated/α-hetero) is 1. The van der Waals surface area contributed by atoms with Gasteiger partial charge in [0.15, 0.2) is 17.4 Å². The third-order valence-corrected chi connectivity index (χ3v) is 13.3. The van der Waals surface area contributed by atoms with Crippen LogP contribution in [0.4, 0.5) is 0 Å². The molecule has 0 aromatic carbocycles. The average Bonchev–Trinajstić information content (AvgIpc) is 3.30. The van der Waals surface area contributed by atoms with E-state index < -0.39 is 10.8 Å². The first-order valence-corrected chi connectivity index (χ1v) is 15.5. The van der Waals surface area contributed by atoms with Crippen LogP contribution >= 0.6 is 0 Å². The van der Waals surface area contributed by atoms with Gasteiger partial charge in [-0.2, -0.15) is 10.2 Å². The van der Waals surface area contributed by atoms with E-state index in [9.17, 15) is 20.0 Å². The van der Waals surface area contributed by atoms with Gasteiger partial charge in [0, 0.05) is 11.3 Å². The van der Waals surface area contributed by atoms with E-state index >= 15 is 0 Å². The molecule has 3 fully saturated rings. The van der Waals surface area contributed by atoms with Crippen LogP contribution in [-0.4, -0.2) is 33.4 Å². The lowest BCUT2D eigenvalue weighted by Crippen LogP contribution is -2.61. The van der Waals surface area contributed by atoms with Crippen molar-refractivity contribution in [3.63, 3.8) is 0 Å². The van der Waals surface area contributed by atoms with Crippen molar-refractivity contribution in [2.75, 3.05) is 6.61 Å². The molecule has 1 aromatic rings. The Bertz CT molecular complexity index is 1430. The number of nitrogens with zero attached hydrogens (tertiary/aromatic N) is 3. The van der Waals surface area contributed by atoms with Gasteiger partial charge in [-0.25, -0.2) is 0 Å². The first kappa shape index (κ1) is 28.5. The van der Waals surface area contributed by atoms with Crippen LogP contribution in [0.15, 0.2) is 27.8 Å². The summed E-state index contributed by atoms with van der Waals surface area (Å²) in [5, 5.41) is 24.7. The number of allylic oxidation sites excluding steroid dienone is 4. The third kappa shape index (κ3) is 3.58. The molecule has 0 spiro atoms. The number of hydrogen-bond acceptors (Lipinski definition) is 7. The molecule has 3 unspecified atom stereocenters. The van der Waals surface area contributed by atoms with Crippen LogP contribution in [0.2, 0.25) is 0 Å². The molecule has 8 atom stereocenters. The predicted octanol–water partition coefficient (Wildman–Crippen LogP) is 6.21. The first-order chi connectivity index (χ1) is 19.1. The zero-order chi connectivity index (χ0) is 29.8. The molecule has 0 radical (unpaired) electrons. The standard InChI is InChI=1S/C34H45N3O4/c1-20-36-28(41-37-20)34-12-10-29(2,3)17-22(34)14-23-24(39)15-26-30(4)16-21(18-35)27(40)31(5,19-38)25(30)8-9-33(26,7)32(23,6)11-13-34/h15-16,22-23,25,38H,8-14,17,19H2,1-7H3/t22?,23?,25?,30-,31-,32+,33+,34-/m0/s1. The fraction of sp³-hybridized carbons (Fsp3) is 0.735. The quantitative estimate of drug-likeness (QED) is 0.458. The Labute approximate surface area is 243 Å². The highest BCUT2D eigenvalue weighted by molar-refractivity contribution is 6.05. The lowest BCUT2D eigenvalue weighted by molar-refractivity contribution is -0.142. The Morgan fingerprint density at radius 2 is 1.78 bits per heavy atom. The van der Waals surface area contributed by atoms with E-state index in [4.69, 9.17) is 9.51 Å².